The van der Waals surface area contributed by atoms with E-state index in [9.17, 15) is 13.2 Å². The second-order valence-electron chi connectivity index (χ2n) is 8.17. The second-order valence-corrected chi connectivity index (χ2v) is 10.1. The SMILES string of the molecule is C[C@@H](C(=O)NCCC1=CCCCC1)[NH+]1CCN(S(=O)(=O)Cc2ccccc2)CC1. The molecule has 0 radical (unpaired) electrons. The normalized spacial score (nSPS) is 20.1. The third-order valence-electron chi connectivity index (χ3n) is 6.09. The first-order valence-corrected chi connectivity index (χ1v) is 12.4. The Labute approximate surface area is 175 Å². The Kier molecular flexibility index (Phi) is 7.86. The molecule has 0 spiro atoms. The summed E-state index contributed by atoms with van der Waals surface area (Å²) in [5.41, 5.74) is 2.27. The minimum Gasteiger partial charge on any atom is -0.351 e. The molecule has 1 aliphatic heterocycles. The molecule has 1 aromatic rings. The first kappa shape index (κ1) is 22.0. The van der Waals surface area contributed by atoms with Crippen LogP contribution in [0.5, 0.6) is 0 Å². The van der Waals surface area contributed by atoms with E-state index in [1.807, 2.05) is 37.3 Å². The first-order valence-electron chi connectivity index (χ1n) is 10.8. The van der Waals surface area contributed by atoms with E-state index in [1.165, 1.54) is 24.8 Å². The first-order chi connectivity index (χ1) is 14.0. The van der Waals surface area contributed by atoms with E-state index >= 15 is 0 Å². The van der Waals surface area contributed by atoms with Crippen LogP contribution in [0.2, 0.25) is 0 Å². The molecular formula is C22H34N3O3S+. The number of quaternary nitrogens is 1. The van der Waals surface area contributed by atoms with Crippen LogP contribution in [0.3, 0.4) is 0 Å². The van der Waals surface area contributed by atoms with Crippen molar-refractivity contribution in [3.05, 3.63) is 47.5 Å². The molecule has 6 nitrogen and oxygen atoms in total. The fourth-order valence-electron chi connectivity index (χ4n) is 4.18. The van der Waals surface area contributed by atoms with Gasteiger partial charge >= 0.3 is 0 Å². The van der Waals surface area contributed by atoms with Gasteiger partial charge < -0.3 is 10.2 Å². The summed E-state index contributed by atoms with van der Waals surface area (Å²) in [5.74, 6) is 0.103. The van der Waals surface area contributed by atoms with E-state index in [4.69, 9.17) is 0 Å². The van der Waals surface area contributed by atoms with Gasteiger partial charge in [-0.1, -0.05) is 42.0 Å². The maximum atomic E-state index is 12.7. The molecule has 0 saturated carbocycles. The van der Waals surface area contributed by atoms with Gasteiger partial charge in [0.25, 0.3) is 5.91 Å². The van der Waals surface area contributed by atoms with Crippen molar-refractivity contribution in [2.75, 3.05) is 32.7 Å². The van der Waals surface area contributed by atoms with E-state index in [2.05, 4.69) is 11.4 Å². The molecule has 3 rings (SSSR count). The highest BCUT2D eigenvalue weighted by atomic mass is 32.2. The fraction of sp³-hybridized carbons (Fsp3) is 0.591. The van der Waals surface area contributed by atoms with Crippen molar-refractivity contribution in [3.8, 4) is 0 Å². The van der Waals surface area contributed by atoms with Crippen LogP contribution in [0.4, 0.5) is 0 Å². The number of allylic oxidation sites excluding steroid dienone is 1. The van der Waals surface area contributed by atoms with Crippen molar-refractivity contribution < 1.29 is 18.1 Å². The van der Waals surface area contributed by atoms with Crippen molar-refractivity contribution in [3.63, 3.8) is 0 Å². The Balaban J connectivity index is 1.43. The number of piperazine rings is 1. The van der Waals surface area contributed by atoms with Gasteiger partial charge in [-0.05, 0) is 44.6 Å². The van der Waals surface area contributed by atoms with Crippen LogP contribution in [-0.2, 0) is 20.6 Å². The smallest absolute Gasteiger partial charge is 0.278 e. The number of carbonyl (C=O) groups is 1. The summed E-state index contributed by atoms with van der Waals surface area (Å²) < 4.78 is 27.0. The molecule has 1 aromatic carbocycles. The molecule has 1 fully saturated rings. The van der Waals surface area contributed by atoms with E-state index < -0.39 is 10.0 Å². The lowest BCUT2D eigenvalue weighted by atomic mass is 9.97. The Bertz CT molecular complexity index is 800. The summed E-state index contributed by atoms with van der Waals surface area (Å²) in [6.07, 6.45) is 8.14. The number of nitrogens with one attached hydrogen (secondary N) is 2. The lowest BCUT2D eigenvalue weighted by molar-refractivity contribution is -0.917. The summed E-state index contributed by atoms with van der Waals surface area (Å²) in [7, 11) is -3.32. The number of nitrogens with zero attached hydrogens (tertiary/aromatic N) is 1. The van der Waals surface area contributed by atoms with Gasteiger partial charge in [-0.15, -0.1) is 0 Å². The standard InChI is InChI=1S/C22H33N3O3S/c1-19(22(26)23-13-12-20-8-4-2-5-9-20)24-14-16-25(17-15-24)29(27,28)18-21-10-6-3-7-11-21/h3,6-8,10-11,19H,2,4-5,9,12-18H2,1H3,(H,23,26)/p+1/t19-/m0/s1. The monoisotopic (exact) mass is 420 g/mol. The summed E-state index contributed by atoms with van der Waals surface area (Å²) in [5, 5.41) is 3.07. The lowest BCUT2D eigenvalue weighted by Gasteiger charge is -2.34. The van der Waals surface area contributed by atoms with Crippen LogP contribution in [0.25, 0.3) is 0 Å². The van der Waals surface area contributed by atoms with Gasteiger partial charge in [0.15, 0.2) is 6.04 Å². The molecule has 0 unspecified atom stereocenters. The van der Waals surface area contributed by atoms with Gasteiger partial charge in [0.1, 0.15) is 0 Å². The Hall–Kier alpha value is -1.70. The highest BCUT2D eigenvalue weighted by Crippen LogP contribution is 2.19. The van der Waals surface area contributed by atoms with Gasteiger partial charge in [-0.3, -0.25) is 4.79 Å². The van der Waals surface area contributed by atoms with Crippen LogP contribution in [-0.4, -0.2) is 57.4 Å². The summed E-state index contributed by atoms with van der Waals surface area (Å²) in [6, 6.07) is 9.13. The molecule has 1 saturated heterocycles. The molecule has 1 amide bonds. The van der Waals surface area contributed by atoms with Crippen LogP contribution < -0.4 is 10.2 Å². The van der Waals surface area contributed by atoms with Crippen LogP contribution in [0.15, 0.2) is 42.0 Å². The van der Waals surface area contributed by atoms with Gasteiger partial charge in [-0.2, -0.15) is 4.31 Å². The summed E-state index contributed by atoms with van der Waals surface area (Å²) >= 11 is 0. The zero-order valence-corrected chi connectivity index (χ0v) is 18.2. The van der Waals surface area contributed by atoms with Gasteiger partial charge in [0.2, 0.25) is 10.0 Å². The Morgan fingerprint density at radius 2 is 1.90 bits per heavy atom. The Morgan fingerprint density at radius 1 is 1.17 bits per heavy atom. The summed E-state index contributed by atoms with van der Waals surface area (Å²) in [6.45, 7) is 4.89. The molecular weight excluding hydrogens is 386 g/mol. The number of carbonyl (C=O) groups excluding carboxylic acids is 1. The average molecular weight is 421 g/mol. The predicted molar refractivity (Wildman–Crippen MR) is 115 cm³/mol. The van der Waals surface area contributed by atoms with Gasteiger partial charge in [-0.25, -0.2) is 8.42 Å². The molecule has 7 heteroatoms. The molecule has 29 heavy (non-hydrogen) atoms. The minimum absolute atomic E-state index is 0.0368. The van der Waals surface area contributed by atoms with E-state index in [0.29, 0.717) is 32.7 Å². The topological polar surface area (TPSA) is 70.9 Å². The molecule has 1 heterocycles. The number of sulfonamides is 1. The lowest BCUT2D eigenvalue weighted by Crippen LogP contribution is -3.19. The number of benzene rings is 1. The third-order valence-corrected chi connectivity index (χ3v) is 7.94. The number of hydrogen-bond acceptors (Lipinski definition) is 3. The van der Waals surface area contributed by atoms with Gasteiger partial charge in [0.05, 0.1) is 31.9 Å². The van der Waals surface area contributed by atoms with E-state index in [0.717, 1.165) is 23.3 Å². The van der Waals surface area contributed by atoms with Crippen molar-refractivity contribution in [1.29, 1.82) is 0 Å². The van der Waals surface area contributed by atoms with Crippen LogP contribution in [0.1, 0.15) is 44.6 Å². The minimum atomic E-state index is -3.32. The average Bonchev–Trinajstić information content (AvgIpc) is 2.74. The third kappa shape index (κ3) is 6.39. The van der Waals surface area contributed by atoms with Crippen molar-refractivity contribution in [1.82, 2.24) is 9.62 Å². The Morgan fingerprint density at radius 3 is 2.55 bits per heavy atom. The maximum Gasteiger partial charge on any atom is 0.278 e. The fourth-order valence-corrected chi connectivity index (χ4v) is 5.71. The van der Waals surface area contributed by atoms with E-state index in [1.54, 1.807) is 4.31 Å². The van der Waals surface area contributed by atoms with Crippen LogP contribution >= 0.6 is 0 Å². The zero-order chi connectivity index (χ0) is 20.7. The van der Waals surface area contributed by atoms with Gasteiger partial charge in [0, 0.05) is 6.54 Å². The predicted octanol–water partition coefficient (Wildman–Crippen LogP) is 1.11. The largest absolute Gasteiger partial charge is 0.351 e. The van der Waals surface area contributed by atoms with Crippen molar-refractivity contribution in [2.24, 2.45) is 0 Å². The number of amides is 1. The van der Waals surface area contributed by atoms with Crippen LogP contribution in [0, 0.1) is 0 Å². The molecule has 2 aliphatic rings. The molecule has 1 aliphatic carbocycles. The molecule has 160 valence electrons. The van der Waals surface area contributed by atoms with E-state index in [-0.39, 0.29) is 17.7 Å². The molecule has 0 aromatic heterocycles. The molecule has 1 atom stereocenters. The van der Waals surface area contributed by atoms with Crippen molar-refractivity contribution in [2.45, 2.75) is 50.8 Å². The quantitative estimate of drug-likeness (QED) is 0.619. The molecule has 0 bridgehead atoms. The summed E-state index contributed by atoms with van der Waals surface area (Å²) in [4.78, 5) is 13.7. The maximum absolute atomic E-state index is 12.7. The van der Waals surface area contributed by atoms with Crippen molar-refractivity contribution >= 4 is 15.9 Å². The number of rotatable bonds is 8. The zero-order valence-electron chi connectivity index (χ0n) is 17.4. The highest BCUT2D eigenvalue weighted by molar-refractivity contribution is 7.88. The highest BCUT2D eigenvalue weighted by Gasteiger charge is 2.33. The second kappa shape index (κ2) is 10.4. The molecule has 2 N–H and O–H groups in total. The number of hydrogen-bond donors (Lipinski definition) is 2.